The zero-order chi connectivity index (χ0) is 30.1. The molecular weight excluding hydrogens is 566 g/mol. The molecule has 0 saturated heterocycles. The van der Waals surface area contributed by atoms with E-state index in [1.165, 1.54) is 11.8 Å². The van der Waals surface area contributed by atoms with E-state index in [1.54, 1.807) is 66.7 Å². The van der Waals surface area contributed by atoms with Crippen LogP contribution < -0.4 is 16.0 Å². The second-order valence-corrected chi connectivity index (χ2v) is 11.5. The molecule has 214 valence electrons. The van der Waals surface area contributed by atoms with Gasteiger partial charge in [-0.3, -0.25) is 14.4 Å². The Morgan fingerprint density at radius 1 is 0.881 bits per heavy atom. The van der Waals surface area contributed by atoms with Crippen LogP contribution in [-0.2, 0) is 16.0 Å². The fraction of sp³-hybridized carbons (Fsp3) is 0.147. The zero-order valence-corrected chi connectivity index (χ0v) is 25.2. The van der Waals surface area contributed by atoms with Gasteiger partial charge in [0.05, 0.1) is 5.25 Å². The summed E-state index contributed by atoms with van der Waals surface area (Å²) in [5.74, 6) is -1.02. The first-order valence-electron chi connectivity index (χ1n) is 13.5. The molecule has 42 heavy (non-hydrogen) atoms. The van der Waals surface area contributed by atoms with E-state index in [2.05, 4.69) is 22.9 Å². The molecule has 3 amide bonds. The molecule has 1 unspecified atom stereocenters. The lowest BCUT2D eigenvalue weighted by Gasteiger charge is -2.17. The van der Waals surface area contributed by atoms with Crippen LogP contribution >= 0.6 is 23.4 Å². The number of hydrogen-bond acceptors (Lipinski definition) is 4. The van der Waals surface area contributed by atoms with Gasteiger partial charge in [0, 0.05) is 26.9 Å². The molecule has 1 atom stereocenters. The van der Waals surface area contributed by atoms with Crippen molar-refractivity contribution in [3.8, 4) is 0 Å². The summed E-state index contributed by atoms with van der Waals surface area (Å²) in [4.78, 5) is 40.2. The molecule has 0 aromatic heterocycles. The summed E-state index contributed by atoms with van der Waals surface area (Å²) in [5.41, 5.74) is 4.62. The van der Waals surface area contributed by atoms with Gasteiger partial charge in [-0.1, -0.05) is 73.1 Å². The second-order valence-electron chi connectivity index (χ2n) is 9.63. The first-order chi connectivity index (χ1) is 20.2. The van der Waals surface area contributed by atoms with Crippen LogP contribution in [-0.4, -0.2) is 23.0 Å². The molecule has 0 bridgehead atoms. The highest BCUT2D eigenvalue weighted by molar-refractivity contribution is 8.00. The van der Waals surface area contributed by atoms with E-state index in [-0.39, 0.29) is 16.9 Å². The number of carbonyl (C=O) groups excluding carboxylic acids is 3. The van der Waals surface area contributed by atoms with Crippen LogP contribution in [0.15, 0.2) is 108 Å². The van der Waals surface area contributed by atoms with Crippen molar-refractivity contribution in [1.29, 1.82) is 0 Å². The normalized spacial score (nSPS) is 11.9. The average Bonchev–Trinajstić information content (AvgIpc) is 2.98. The molecule has 3 N–H and O–H groups in total. The minimum Gasteiger partial charge on any atom is -0.325 e. The largest absolute Gasteiger partial charge is 0.325 e. The molecule has 0 spiro atoms. The molecule has 4 aromatic carbocycles. The number of thioether (sulfide) groups is 1. The smallest absolute Gasteiger partial charge is 0.272 e. The van der Waals surface area contributed by atoms with Crippen LogP contribution in [0.1, 0.15) is 40.9 Å². The van der Waals surface area contributed by atoms with Gasteiger partial charge in [0.15, 0.2) is 0 Å². The van der Waals surface area contributed by atoms with Gasteiger partial charge in [0.2, 0.25) is 5.91 Å². The van der Waals surface area contributed by atoms with Gasteiger partial charge in [-0.25, -0.2) is 0 Å². The molecule has 0 fully saturated rings. The molecule has 4 rings (SSSR count). The predicted octanol–water partition coefficient (Wildman–Crippen LogP) is 7.74. The van der Waals surface area contributed by atoms with Crippen LogP contribution in [0, 0.1) is 6.92 Å². The summed E-state index contributed by atoms with van der Waals surface area (Å²) in [6, 6.07) is 28.9. The number of amides is 3. The topological polar surface area (TPSA) is 87.3 Å². The first-order valence-corrected chi connectivity index (χ1v) is 14.8. The number of benzene rings is 4. The van der Waals surface area contributed by atoms with Crippen molar-refractivity contribution in [2.24, 2.45) is 0 Å². The highest BCUT2D eigenvalue weighted by Crippen LogP contribution is 2.28. The number of nitrogens with one attached hydrogen (secondary N) is 3. The summed E-state index contributed by atoms with van der Waals surface area (Å²) in [6.07, 6.45) is 2.39. The maximum atomic E-state index is 13.4. The number of rotatable bonds is 10. The van der Waals surface area contributed by atoms with Gasteiger partial charge < -0.3 is 16.0 Å². The van der Waals surface area contributed by atoms with E-state index in [0.29, 0.717) is 21.8 Å². The summed E-state index contributed by atoms with van der Waals surface area (Å²) in [5, 5.41) is 8.81. The zero-order valence-electron chi connectivity index (χ0n) is 23.6. The third-order valence-electron chi connectivity index (χ3n) is 6.45. The Balaban J connectivity index is 1.49. The average molecular weight is 598 g/mol. The maximum absolute atomic E-state index is 13.4. The lowest BCUT2D eigenvalue weighted by atomic mass is 10.1. The van der Waals surface area contributed by atoms with Crippen LogP contribution in [0.4, 0.5) is 11.4 Å². The highest BCUT2D eigenvalue weighted by atomic mass is 35.5. The third-order valence-corrected chi connectivity index (χ3v) is 7.78. The predicted molar refractivity (Wildman–Crippen MR) is 173 cm³/mol. The molecule has 0 radical (unpaired) electrons. The Hall–Kier alpha value is -4.33. The summed E-state index contributed by atoms with van der Waals surface area (Å²) in [7, 11) is 0. The maximum Gasteiger partial charge on any atom is 0.272 e. The third kappa shape index (κ3) is 8.35. The van der Waals surface area contributed by atoms with Crippen molar-refractivity contribution in [3.63, 3.8) is 0 Å². The van der Waals surface area contributed by atoms with Gasteiger partial charge >= 0.3 is 0 Å². The molecular formula is C34H32ClN3O3S. The Kier molecular flexibility index (Phi) is 10.6. The second kappa shape index (κ2) is 14.5. The fourth-order valence-electron chi connectivity index (χ4n) is 4.24. The number of anilines is 2. The quantitative estimate of drug-likeness (QED) is 0.129. The Morgan fingerprint density at radius 2 is 1.62 bits per heavy atom. The Morgan fingerprint density at radius 3 is 2.36 bits per heavy atom. The van der Waals surface area contributed by atoms with Gasteiger partial charge in [-0.2, -0.15) is 0 Å². The molecule has 0 aliphatic heterocycles. The van der Waals surface area contributed by atoms with Crippen LogP contribution in [0.5, 0.6) is 0 Å². The number of halogens is 1. The monoisotopic (exact) mass is 597 g/mol. The van der Waals surface area contributed by atoms with Crippen LogP contribution in [0.3, 0.4) is 0 Å². The highest BCUT2D eigenvalue weighted by Gasteiger charge is 2.18. The van der Waals surface area contributed by atoms with Crippen molar-refractivity contribution < 1.29 is 14.4 Å². The van der Waals surface area contributed by atoms with Crippen molar-refractivity contribution in [3.05, 3.63) is 130 Å². The molecule has 8 heteroatoms. The number of hydrogen-bond donors (Lipinski definition) is 3. The Bertz CT molecular complexity index is 1620. The van der Waals surface area contributed by atoms with E-state index in [4.69, 9.17) is 11.6 Å². The van der Waals surface area contributed by atoms with Gasteiger partial charge in [0.1, 0.15) is 5.70 Å². The molecule has 4 aromatic rings. The number of para-hydroxylation sites is 1. The summed E-state index contributed by atoms with van der Waals surface area (Å²) in [6.45, 7) is 5.89. The van der Waals surface area contributed by atoms with Crippen LogP contribution in [0.25, 0.3) is 6.08 Å². The summed E-state index contributed by atoms with van der Waals surface area (Å²) >= 11 is 7.53. The van der Waals surface area contributed by atoms with Crippen molar-refractivity contribution in [1.82, 2.24) is 5.32 Å². The molecule has 0 aliphatic carbocycles. The van der Waals surface area contributed by atoms with Crippen molar-refractivity contribution in [2.45, 2.75) is 37.3 Å². The minimum atomic E-state index is -0.501. The standard InChI is InChI=1S/C34H32ClN3O3S/c1-4-25-15-8-11-22(2)31(25)38-32(39)23(3)42-29-18-10-17-28(21-29)36-34(41)30(20-24-12-9-16-27(35)19-24)37-33(40)26-13-6-5-7-14-26/h5-21,23H,4H2,1-3H3,(H,36,41)(H,37,40)(H,38,39)/b30-20-. The van der Waals surface area contributed by atoms with Crippen molar-refractivity contribution in [2.75, 3.05) is 10.6 Å². The SMILES string of the molecule is CCc1cccc(C)c1NC(=O)C(C)Sc1cccc(NC(=O)/C(=C/c2cccc(Cl)c2)NC(=O)c2ccccc2)c1. The van der Waals surface area contributed by atoms with Crippen LogP contribution in [0.2, 0.25) is 5.02 Å². The van der Waals surface area contributed by atoms with E-state index < -0.39 is 11.8 Å². The van der Waals surface area contributed by atoms with E-state index in [0.717, 1.165) is 28.1 Å². The minimum absolute atomic E-state index is 0.0573. The molecule has 0 saturated carbocycles. The van der Waals surface area contributed by atoms with E-state index in [9.17, 15) is 14.4 Å². The Labute approximate surface area is 255 Å². The van der Waals surface area contributed by atoms with Gasteiger partial charge in [0.25, 0.3) is 11.8 Å². The van der Waals surface area contributed by atoms with Gasteiger partial charge in [-0.05, 0) is 85.5 Å². The van der Waals surface area contributed by atoms with Gasteiger partial charge in [-0.15, -0.1) is 11.8 Å². The number of aryl methyl sites for hydroxylation is 2. The fourth-order valence-corrected chi connectivity index (χ4v) is 5.36. The lowest BCUT2D eigenvalue weighted by molar-refractivity contribution is -0.115. The van der Waals surface area contributed by atoms with Crippen molar-refractivity contribution >= 4 is 58.5 Å². The molecule has 0 aliphatic rings. The molecule has 6 nitrogen and oxygen atoms in total. The van der Waals surface area contributed by atoms with E-state index >= 15 is 0 Å². The lowest BCUT2D eigenvalue weighted by Crippen LogP contribution is -2.30. The number of carbonyl (C=O) groups is 3. The first kappa shape index (κ1) is 30.6. The van der Waals surface area contributed by atoms with E-state index in [1.807, 2.05) is 50.2 Å². The summed E-state index contributed by atoms with van der Waals surface area (Å²) < 4.78 is 0. The molecule has 0 heterocycles.